The zero-order chi connectivity index (χ0) is 17.7. The molecule has 1 aromatic rings. The van der Waals surface area contributed by atoms with Crippen LogP contribution >= 0.6 is 0 Å². The highest BCUT2D eigenvalue weighted by Crippen LogP contribution is 2.30. The molecule has 2 atom stereocenters. The van der Waals surface area contributed by atoms with Crippen molar-refractivity contribution in [2.24, 2.45) is 0 Å². The minimum absolute atomic E-state index is 0.0373. The smallest absolute Gasteiger partial charge is 0.318 e. The second kappa shape index (κ2) is 7.85. The number of aryl methyl sites for hydroxylation is 1. The monoisotopic (exact) mass is 336 g/mol. The number of urea groups is 1. The molecule has 134 valence electrons. The van der Waals surface area contributed by atoms with Gasteiger partial charge in [-0.2, -0.15) is 0 Å². The predicted octanol–water partition coefficient (Wildman–Crippen LogP) is 1.73. The fraction of sp³-hybridized carbons (Fsp3) is 0.611. The Balaban J connectivity index is 1.95. The molecular weight excluding hydrogens is 308 g/mol. The predicted molar refractivity (Wildman–Crippen MR) is 92.4 cm³/mol. The molecule has 0 radical (unpaired) electrons. The summed E-state index contributed by atoms with van der Waals surface area (Å²) in [6.07, 6.45) is 1.29. The summed E-state index contributed by atoms with van der Waals surface area (Å²) in [5.41, 5.74) is 1.65. The van der Waals surface area contributed by atoms with Crippen LogP contribution in [-0.2, 0) is 11.2 Å². The van der Waals surface area contributed by atoms with E-state index in [1.54, 1.807) is 19.1 Å². The molecule has 2 unspecified atom stereocenters. The number of methoxy groups -OCH3 is 2. The molecule has 1 aliphatic rings. The molecule has 0 bridgehead atoms. The number of carbonyl (C=O) groups excluding carboxylic acids is 1. The van der Waals surface area contributed by atoms with E-state index in [1.807, 2.05) is 26.0 Å². The number of hydrogen-bond acceptors (Lipinski definition) is 4. The molecule has 0 aliphatic carbocycles. The molecule has 2 rings (SSSR count). The van der Waals surface area contributed by atoms with Gasteiger partial charge in [-0.15, -0.1) is 0 Å². The third-order valence-electron chi connectivity index (χ3n) is 4.73. The average molecular weight is 336 g/mol. The maximum Gasteiger partial charge on any atom is 0.318 e. The highest BCUT2D eigenvalue weighted by Gasteiger charge is 2.44. The zero-order valence-electron chi connectivity index (χ0n) is 15.0. The molecule has 1 fully saturated rings. The Morgan fingerprint density at radius 3 is 2.83 bits per heavy atom. The lowest BCUT2D eigenvalue weighted by Crippen LogP contribution is -2.52. The van der Waals surface area contributed by atoms with Gasteiger partial charge in [-0.1, -0.05) is 17.7 Å². The first kappa shape index (κ1) is 18.5. The molecule has 6 nitrogen and oxygen atoms in total. The second-order valence-corrected chi connectivity index (χ2v) is 6.62. The van der Waals surface area contributed by atoms with Gasteiger partial charge in [0.15, 0.2) is 0 Å². The van der Waals surface area contributed by atoms with Gasteiger partial charge in [0, 0.05) is 26.6 Å². The summed E-state index contributed by atoms with van der Waals surface area (Å²) < 4.78 is 10.7. The molecule has 0 spiro atoms. The van der Waals surface area contributed by atoms with Crippen molar-refractivity contribution in [3.8, 4) is 5.75 Å². The van der Waals surface area contributed by atoms with Crippen molar-refractivity contribution in [1.29, 1.82) is 0 Å². The van der Waals surface area contributed by atoms with E-state index in [2.05, 4.69) is 11.4 Å². The van der Waals surface area contributed by atoms with Crippen LogP contribution in [0.2, 0.25) is 0 Å². The molecule has 24 heavy (non-hydrogen) atoms. The van der Waals surface area contributed by atoms with Gasteiger partial charge >= 0.3 is 6.03 Å². The Labute approximate surface area is 143 Å². The SMILES string of the molecule is COc1ccc(C)cc1CCNC(=O)N1CC(OC)CC1(C)CO. The van der Waals surface area contributed by atoms with Crippen LogP contribution in [0.1, 0.15) is 24.5 Å². The van der Waals surface area contributed by atoms with Crippen LogP contribution in [0.25, 0.3) is 0 Å². The van der Waals surface area contributed by atoms with Gasteiger partial charge in [-0.25, -0.2) is 4.79 Å². The summed E-state index contributed by atoms with van der Waals surface area (Å²) in [6.45, 7) is 4.84. The van der Waals surface area contributed by atoms with Crippen molar-refractivity contribution < 1.29 is 19.4 Å². The van der Waals surface area contributed by atoms with E-state index in [0.29, 0.717) is 25.9 Å². The van der Waals surface area contributed by atoms with E-state index in [-0.39, 0.29) is 18.7 Å². The molecule has 0 aromatic heterocycles. The number of nitrogens with zero attached hydrogens (tertiary/aromatic N) is 1. The van der Waals surface area contributed by atoms with Crippen LogP contribution in [-0.4, -0.2) is 61.6 Å². The third kappa shape index (κ3) is 3.99. The van der Waals surface area contributed by atoms with Crippen molar-refractivity contribution in [3.05, 3.63) is 29.3 Å². The first-order valence-corrected chi connectivity index (χ1v) is 8.26. The number of ether oxygens (including phenoxy) is 2. The standard InChI is InChI=1S/C18H28N2O4/c1-13-5-6-16(24-4)14(9-13)7-8-19-17(22)20-11-15(23-3)10-18(20,2)12-21/h5-6,9,15,21H,7-8,10-12H2,1-4H3,(H,19,22). The number of rotatable bonds is 6. The van der Waals surface area contributed by atoms with Gasteiger partial charge in [0.2, 0.25) is 0 Å². The number of nitrogens with one attached hydrogen (secondary N) is 1. The molecule has 2 N–H and O–H groups in total. The number of amides is 2. The minimum atomic E-state index is -0.578. The summed E-state index contributed by atoms with van der Waals surface area (Å²) in [6, 6.07) is 5.85. The van der Waals surface area contributed by atoms with Crippen molar-refractivity contribution in [3.63, 3.8) is 0 Å². The lowest BCUT2D eigenvalue weighted by Gasteiger charge is -2.33. The summed E-state index contributed by atoms with van der Waals surface area (Å²) in [5.74, 6) is 0.829. The van der Waals surface area contributed by atoms with Gasteiger partial charge in [0.25, 0.3) is 0 Å². The molecule has 1 aliphatic heterocycles. The quantitative estimate of drug-likeness (QED) is 0.830. The van der Waals surface area contributed by atoms with Crippen molar-refractivity contribution >= 4 is 6.03 Å². The van der Waals surface area contributed by atoms with Crippen LogP contribution in [0.5, 0.6) is 5.75 Å². The molecule has 2 amide bonds. The lowest BCUT2D eigenvalue weighted by molar-refractivity contribution is 0.0951. The summed E-state index contributed by atoms with van der Waals surface area (Å²) in [4.78, 5) is 14.2. The van der Waals surface area contributed by atoms with Crippen molar-refractivity contribution in [2.75, 3.05) is 33.9 Å². The van der Waals surface area contributed by atoms with E-state index < -0.39 is 5.54 Å². The number of aliphatic hydroxyl groups excluding tert-OH is 1. The minimum Gasteiger partial charge on any atom is -0.496 e. The van der Waals surface area contributed by atoms with Crippen molar-refractivity contribution in [2.45, 2.75) is 38.3 Å². The van der Waals surface area contributed by atoms with Gasteiger partial charge < -0.3 is 24.8 Å². The molecule has 1 aromatic carbocycles. The maximum absolute atomic E-state index is 12.5. The number of carbonyl (C=O) groups is 1. The zero-order valence-corrected chi connectivity index (χ0v) is 15.0. The van der Waals surface area contributed by atoms with Crippen molar-refractivity contribution in [1.82, 2.24) is 10.2 Å². The fourth-order valence-corrected chi connectivity index (χ4v) is 3.23. The summed E-state index contributed by atoms with van der Waals surface area (Å²) in [5, 5.41) is 12.6. The van der Waals surface area contributed by atoms with Crippen LogP contribution in [0, 0.1) is 6.92 Å². The van der Waals surface area contributed by atoms with Crippen LogP contribution in [0.15, 0.2) is 18.2 Å². The van der Waals surface area contributed by atoms with Gasteiger partial charge in [-0.05, 0) is 31.9 Å². The van der Waals surface area contributed by atoms with E-state index >= 15 is 0 Å². The molecule has 1 heterocycles. The van der Waals surface area contributed by atoms with Crippen LogP contribution in [0.4, 0.5) is 4.79 Å². The normalized spacial score (nSPS) is 23.4. The van der Waals surface area contributed by atoms with Gasteiger partial charge in [0.1, 0.15) is 5.75 Å². The number of hydrogen-bond donors (Lipinski definition) is 2. The highest BCUT2D eigenvalue weighted by atomic mass is 16.5. The molecular formula is C18H28N2O4. The fourth-order valence-electron chi connectivity index (χ4n) is 3.23. The van der Waals surface area contributed by atoms with Crippen LogP contribution in [0.3, 0.4) is 0 Å². The Kier molecular flexibility index (Phi) is 6.07. The lowest BCUT2D eigenvalue weighted by atomic mass is 10.00. The first-order chi connectivity index (χ1) is 11.4. The Bertz CT molecular complexity index is 578. The topological polar surface area (TPSA) is 71.0 Å². The number of benzene rings is 1. The third-order valence-corrected chi connectivity index (χ3v) is 4.73. The van der Waals surface area contributed by atoms with E-state index in [4.69, 9.17) is 9.47 Å². The number of likely N-dealkylation sites (tertiary alicyclic amines) is 1. The van der Waals surface area contributed by atoms with Gasteiger partial charge in [0.05, 0.1) is 25.4 Å². The maximum atomic E-state index is 12.5. The second-order valence-electron chi connectivity index (χ2n) is 6.62. The van der Waals surface area contributed by atoms with E-state index in [9.17, 15) is 9.90 Å². The Morgan fingerprint density at radius 1 is 1.46 bits per heavy atom. The van der Waals surface area contributed by atoms with E-state index in [0.717, 1.165) is 16.9 Å². The molecule has 0 saturated carbocycles. The first-order valence-electron chi connectivity index (χ1n) is 8.26. The average Bonchev–Trinajstić information content (AvgIpc) is 2.93. The van der Waals surface area contributed by atoms with Crippen LogP contribution < -0.4 is 10.1 Å². The van der Waals surface area contributed by atoms with E-state index in [1.165, 1.54) is 0 Å². The van der Waals surface area contributed by atoms with Gasteiger partial charge in [-0.3, -0.25) is 0 Å². The summed E-state index contributed by atoms with van der Waals surface area (Å²) >= 11 is 0. The molecule has 1 saturated heterocycles. The highest BCUT2D eigenvalue weighted by molar-refractivity contribution is 5.75. The molecule has 6 heteroatoms. The Morgan fingerprint density at radius 2 is 2.21 bits per heavy atom. The Hall–Kier alpha value is -1.79. The summed E-state index contributed by atoms with van der Waals surface area (Å²) in [7, 11) is 3.28. The largest absolute Gasteiger partial charge is 0.496 e. The number of aliphatic hydroxyl groups is 1.